The molecule has 8 nitrogen and oxygen atoms in total. The van der Waals surface area contributed by atoms with Gasteiger partial charge in [-0.05, 0) is 18.9 Å². The minimum atomic E-state index is -0.780. The van der Waals surface area contributed by atoms with Gasteiger partial charge < -0.3 is 19.4 Å². The molecular formula is C25H28N4O4. The third kappa shape index (κ3) is 6.04. The van der Waals surface area contributed by atoms with Crippen LogP contribution < -0.4 is 0 Å². The Morgan fingerprint density at radius 2 is 1.88 bits per heavy atom. The van der Waals surface area contributed by atoms with Crippen molar-refractivity contribution in [2.24, 2.45) is 0 Å². The SMILES string of the molecule is Cc1ccc(-c2noc(CCCC(=O)N3CC(=O)N(Cc4ccccc4)CC(O)C3)n2)cc1. The Morgan fingerprint density at radius 3 is 2.64 bits per heavy atom. The number of nitrogens with zero attached hydrogens (tertiary/aromatic N) is 4. The molecule has 8 heteroatoms. The zero-order valence-corrected chi connectivity index (χ0v) is 18.7. The van der Waals surface area contributed by atoms with E-state index in [1.807, 2.05) is 61.5 Å². The molecule has 0 spiro atoms. The molecule has 33 heavy (non-hydrogen) atoms. The molecule has 1 atom stereocenters. The van der Waals surface area contributed by atoms with Gasteiger partial charge in [-0.15, -0.1) is 0 Å². The first kappa shape index (κ1) is 22.7. The number of aromatic nitrogens is 2. The molecule has 0 bridgehead atoms. The van der Waals surface area contributed by atoms with E-state index in [-0.39, 0.29) is 37.9 Å². The number of hydrogen-bond donors (Lipinski definition) is 1. The van der Waals surface area contributed by atoms with Crippen molar-refractivity contribution in [1.82, 2.24) is 19.9 Å². The second kappa shape index (κ2) is 10.4. The maximum absolute atomic E-state index is 12.7. The zero-order chi connectivity index (χ0) is 23.2. The van der Waals surface area contributed by atoms with E-state index in [1.54, 1.807) is 4.90 Å². The van der Waals surface area contributed by atoms with Crippen molar-refractivity contribution >= 4 is 11.8 Å². The van der Waals surface area contributed by atoms with Gasteiger partial charge in [-0.2, -0.15) is 4.98 Å². The Kier molecular flexibility index (Phi) is 7.14. The molecule has 0 radical (unpaired) electrons. The summed E-state index contributed by atoms with van der Waals surface area (Å²) in [6, 6.07) is 17.5. The molecule has 1 N–H and O–H groups in total. The van der Waals surface area contributed by atoms with E-state index < -0.39 is 6.10 Å². The highest BCUT2D eigenvalue weighted by atomic mass is 16.5. The van der Waals surface area contributed by atoms with E-state index in [9.17, 15) is 14.7 Å². The van der Waals surface area contributed by atoms with Gasteiger partial charge in [0.05, 0.1) is 12.6 Å². The summed E-state index contributed by atoms with van der Waals surface area (Å²) in [6.45, 7) is 2.76. The molecule has 2 heterocycles. The number of carbonyl (C=O) groups excluding carboxylic acids is 2. The molecule has 172 valence electrons. The monoisotopic (exact) mass is 448 g/mol. The topological polar surface area (TPSA) is 99.8 Å². The van der Waals surface area contributed by atoms with Crippen LogP contribution in [0.1, 0.15) is 29.9 Å². The Labute approximate surface area is 192 Å². The minimum Gasteiger partial charge on any atom is -0.389 e. The number of aliphatic hydroxyl groups excluding tert-OH is 1. The number of rotatable bonds is 7. The van der Waals surface area contributed by atoms with E-state index in [0.717, 1.165) is 16.7 Å². The van der Waals surface area contributed by atoms with Crippen LogP contribution in [0, 0.1) is 6.92 Å². The van der Waals surface area contributed by atoms with Gasteiger partial charge in [-0.25, -0.2) is 0 Å². The predicted octanol–water partition coefficient (Wildman–Crippen LogP) is 2.60. The van der Waals surface area contributed by atoms with Crippen LogP contribution in [-0.2, 0) is 22.6 Å². The quantitative estimate of drug-likeness (QED) is 0.596. The average molecular weight is 449 g/mol. The number of aliphatic hydroxyl groups is 1. The summed E-state index contributed by atoms with van der Waals surface area (Å²) in [5, 5.41) is 14.4. The Hall–Kier alpha value is -3.52. The fourth-order valence-corrected chi connectivity index (χ4v) is 3.87. The minimum absolute atomic E-state index is 0.0269. The molecule has 0 saturated carbocycles. The molecule has 1 unspecified atom stereocenters. The van der Waals surface area contributed by atoms with Gasteiger partial charge >= 0.3 is 0 Å². The van der Waals surface area contributed by atoms with Crippen molar-refractivity contribution in [1.29, 1.82) is 0 Å². The summed E-state index contributed by atoms with van der Waals surface area (Å²) in [5.41, 5.74) is 3.02. The van der Waals surface area contributed by atoms with Gasteiger partial charge in [0.1, 0.15) is 0 Å². The van der Waals surface area contributed by atoms with E-state index in [2.05, 4.69) is 10.1 Å². The van der Waals surface area contributed by atoms with Crippen LogP contribution >= 0.6 is 0 Å². The second-order valence-corrected chi connectivity index (χ2v) is 8.42. The van der Waals surface area contributed by atoms with E-state index >= 15 is 0 Å². The maximum Gasteiger partial charge on any atom is 0.242 e. The van der Waals surface area contributed by atoms with Crippen LogP contribution in [-0.4, -0.2) is 62.6 Å². The first-order valence-electron chi connectivity index (χ1n) is 11.1. The third-order valence-electron chi connectivity index (χ3n) is 5.67. The van der Waals surface area contributed by atoms with Crippen LogP contribution in [0.15, 0.2) is 59.1 Å². The first-order chi connectivity index (χ1) is 16.0. The molecule has 1 saturated heterocycles. The highest BCUT2D eigenvalue weighted by molar-refractivity contribution is 5.85. The Balaban J connectivity index is 1.28. The maximum atomic E-state index is 12.7. The standard InChI is InChI=1S/C25H28N4O4/c1-18-10-12-20(13-11-18)25-26-22(33-27-25)8-5-9-23(31)29-16-21(30)15-28(24(32)17-29)14-19-6-3-2-4-7-19/h2-4,6-7,10-13,21,30H,5,8-9,14-17H2,1H3. The van der Waals surface area contributed by atoms with Crippen molar-refractivity contribution in [3.05, 3.63) is 71.6 Å². The third-order valence-corrected chi connectivity index (χ3v) is 5.67. The lowest BCUT2D eigenvalue weighted by molar-refractivity contribution is -0.139. The Morgan fingerprint density at radius 1 is 1.12 bits per heavy atom. The lowest BCUT2D eigenvalue weighted by Gasteiger charge is -2.22. The largest absolute Gasteiger partial charge is 0.389 e. The zero-order valence-electron chi connectivity index (χ0n) is 18.7. The second-order valence-electron chi connectivity index (χ2n) is 8.42. The lowest BCUT2D eigenvalue weighted by atomic mass is 10.1. The fourth-order valence-electron chi connectivity index (χ4n) is 3.87. The van der Waals surface area contributed by atoms with Crippen molar-refractivity contribution in [2.75, 3.05) is 19.6 Å². The van der Waals surface area contributed by atoms with Gasteiger partial charge in [0.15, 0.2) is 0 Å². The van der Waals surface area contributed by atoms with E-state index in [1.165, 1.54) is 4.90 Å². The summed E-state index contributed by atoms with van der Waals surface area (Å²) < 4.78 is 5.31. The number of benzene rings is 2. The Bertz CT molecular complexity index is 1080. The lowest BCUT2D eigenvalue weighted by Crippen LogP contribution is -2.39. The molecule has 3 aromatic rings. The number of carbonyl (C=O) groups is 2. The van der Waals surface area contributed by atoms with Gasteiger partial charge in [0.2, 0.25) is 23.5 Å². The van der Waals surface area contributed by atoms with Gasteiger partial charge in [-0.3, -0.25) is 9.59 Å². The van der Waals surface area contributed by atoms with Gasteiger partial charge in [0, 0.05) is 38.0 Å². The molecule has 1 aliphatic rings. The number of aryl methyl sites for hydroxylation is 2. The summed E-state index contributed by atoms with van der Waals surface area (Å²) in [5.74, 6) is 0.668. The smallest absolute Gasteiger partial charge is 0.242 e. The predicted molar refractivity (Wildman–Crippen MR) is 122 cm³/mol. The summed E-state index contributed by atoms with van der Waals surface area (Å²) >= 11 is 0. The van der Waals surface area contributed by atoms with Crippen molar-refractivity contribution in [3.63, 3.8) is 0 Å². The van der Waals surface area contributed by atoms with Crippen LogP contribution in [0.3, 0.4) is 0 Å². The molecule has 1 aliphatic heterocycles. The molecular weight excluding hydrogens is 420 g/mol. The van der Waals surface area contributed by atoms with Crippen LogP contribution in [0.25, 0.3) is 11.4 Å². The molecule has 1 aromatic heterocycles. The van der Waals surface area contributed by atoms with E-state index in [0.29, 0.717) is 31.1 Å². The van der Waals surface area contributed by atoms with E-state index in [4.69, 9.17) is 4.52 Å². The number of amides is 2. The normalized spacial score (nSPS) is 16.7. The first-order valence-corrected chi connectivity index (χ1v) is 11.1. The number of hydrogen-bond acceptors (Lipinski definition) is 6. The highest BCUT2D eigenvalue weighted by Crippen LogP contribution is 2.17. The van der Waals surface area contributed by atoms with Crippen LogP contribution in [0.5, 0.6) is 0 Å². The van der Waals surface area contributed by atoms with Gasteiger partial charge in [-0.1, -0.05) is 65.3 Å². The van der Waals surface area contributed by atoms with Crippen molar-refractivity contribution in [2.45, 2.75) is 38.8 Å². The van der Waals surface area contributed by atoms with Crippen LogP contribution in [0.2, 0.25) is 0 Å². The molecule has 2 aromatic carbocycles. The summed E-state index contributed by atoms with van der Waals surface area (Å²) in [4.78, 5) is 32.9. The molecule has 4 rings (SSSR count). The summed E-state index contributed by atoms with van der Waals surface area (Å²) in [6.07, 6.45) is 0.441. The average Bonchev–Trinajstić information content (AvgIpc) is 3.22. The summed E-state index contributed by atoms with van der Waals surface area (Å²) in [7, 11) is 0. The van der Waals surface area contributed by atoms with Crippen molar-refractivity contribution in [3.8, 4) is 11.4 Å². The molecule has 0 aliphatic carbocycles. The molecule has 1 fully saturated rings. The molecule has 2 amide bonds. The van der Waals surface area contributed by atoms with Crippen LogP contribution in [0.4, 0.5) is 0 Å². The highest BCUT2D eigenvalue weighted by Gasteiger charge is 2.29. The fraction of sp³-hybridized carbons (Fsp3) is 0.360. The number of β-amino-alcohol motifs (C(OH)–C–C–N with tert-alkyl or cyclic N) is 1. The van der Waals surface area contributed by atoms with Crippen molar-refractivity contribution < 1.29 is 19.2 Å². The van der Waals surface area contributed by atoms with Gasteiger partial charge in [0.25, 0.3) is 0 Å².